The van der Waals surface area contributed by atoms with Crippen LogP contribution in [0, 0.1) is 5.92 Å². The van der Waals surface area contributed by atoms with Gasteiger partial charge < -0.3 is 9.64 Å². The molecule has 1 aliphatic heterocycles. The number of aromatic nitrogens is 1. The first-order valence-electron chi connectivity index (χ1n) is 8.04. The van der Waals surface area contributed by atoms with Crippen LogP contribution in [-0.4, -0.2) is 36.1 Å². The molecule has 0 unspecified atom stereocenters. The van der Waals surface area contributed by atoms with Gasteiger partial charge in [-0.15, -0.1) is 0 Å². The first-order chi connectivity index (χ1) is 10.8. The second-order valence-electron chi connectivity index (χ2n) is 6.21. The Morgan fingerprint density at radius 3 is 2.73 bits per heavy atom. The molecule has 3 rings (SSSR count). The van der Waals surface area contributed by atoms with Crippen molar-refractivity contribution in [3.8, 4) is 0 Å². The summed E-state index contributed by atoms with van der Waals surface area (Å²) in [6.45, 7) is 2.88. The van der Waals surface area contributed by atoms with Crippen molar-refractivity contribution in [3.63, 3.8) is 0 Å². The Kier molecular flexibility index (Phi) is 5.20. The summed E-state index contributed by atoms with van der Waals surface area (Å²) in [5.74, 6) is 0.554. The molecule has 1 aromatic heterocycles. The summed E-state index contributed by atoms with van der Waals surface area (Å²) in [6.07, 6.45) is 6.21. The molecule has 1 fully saturated rings. The van der Waals surface area contributed by atoms with E-state index in [1.807, 2.05) is 12.3 Å². The van der Waals surface area contributed by atoms with Crippen molar-refractivity contribution in [2.75, 3.05) is 20.1 Å². The van der Waals surface area contributed by atoms with Gasteiger partial charge in [-0.2, -0.15) is 0 Å². The number of rotatable bonds is 5. The topological polar surface area (TPSA) is 25.4 Å². The Morgan fingerprint density at radius 1 is 1.14 bits per heavy atom. The molecule has 1 aromatic carbocycles. The molecule has 2 atom stereocenters. The van der Waals surface area contributed by atoms with Crippen LogP contribution in [0.2, 0.25) is 0 Å². The van der Waals surface area contributed by atoms with Crippen LogP contribution in [-0.2, 0) is 17.8 Å². The molecule has 3 heteroatoms. The molecular weight excluding hydrogens is 272 g/mol. The molecule has 0 radical (unpaired) electrons. The average Bonchev–Trinajstić information content (AvgIpc) is 2.56. The quantitative estimate of drug-likeness (QED) is 0.847. The highest BCUT2D eigenvalue weighted by Gasteiger charge is 2.28. The van der Waals surface area contributed by atoms with Crippen LogP contribution in [0.4, 0.5) is 0 Å². The Hall–Kier alpha value is -1.71. The number of pyridine rings is 1. The van der Waals surface area contributed by atoms with Crippen LogP contribution >= 0.6 is 0 Å². The van der Waals surface area contributed by atoms with Gasteiger partial charge in [-0.3, -0.25) is 4.98 Å². The molecular formula is C19H24N2O. The van der Waals surface area contributed by atoms with E-state index in [9.17, 15) is 0 Å². The summed E-state index contributed by atoms with van der Waals surface area (Å²) in [5.41, 5.74) is 2.55. The predicted molar refractivity (Wildman–Crippen MR) is 88.6 cm³/mol. The monoisotopic (exact) mass is 296 g/mol. The summed E-state index contributed by atoms with van der Waals surface area (Å²) in [5, 5.41) is 0. The molecule has 0 amide bonds. The molecule has 2 heterocycles. The molecule has 2 aromatic rings. The lowest BCUT2D eigenvalue weighted by Gasteiger charge is -2.36. The summed E-state index contributed by atoms with van der Waals surface area (Å²) in [6, 6.07) is 14.8. The summed E-state index contributed by atoms with van der Waals surface area (Å²) >= 11 is 0. The number of ether oxygens (including phenoxy) is 1. The van der Waals surface area contributed by atoms with E-state index in [4.69, 9.17) is 4.74 Å². The largest absolute Gasteiger partial charge is 0.373 e. The van der Waals surface area contributed by atoms with E-state index in [0.29, 0.717) is 18.6 Å². The van der Waals surface area contributed by atoms with Crippen LogP contribution in [0.25, 0.3) is 0 Å². The van der Waals surface area contributed by atoms with Gasteiger partial charge in [0.25, 0.3) is 0 Å². The lowest BCUT2D eigenvalue weighted by Crippen LogP contribution is -2.43. The molecule has 116 valence electrons. The van der Waals surface area contributed by atoms with Gasteiger partial charge in [0.1, 0.15) is 0 Å². The second kappa shape index (κ2) is 7.52. The second-order valence-corrected chi connectivity index (χ2v) is 6.21. The van der Waals surface area contributed by atoms with Gasteiger partial charge in [0.2, 0.25) is 0 Å². The fraction of sp³-hybridized carbons (Fsp3) is 0.421. The van der Waals surface area contributed by atoms with Crippen molar-refractivity contribution in [1.82, 2.24) is 9.88 Å². The van der Waals surface area contributed by atoms with Crippen molar-refractivity contribution in [2.45, 2.75) is 25.6 Å². The first kappa shape index (κ1) is 15.2. The zero-order valence-electron chi connectivity index (χ0n) is 13.2. The van der Waals surface area contributed by atoms with Crippen molar-refractivity contribution in [1.29, 1.82) is 0 Å². The van der Waals surface area contributed by atoms with E-state index in [-0.39, 0.29) is 0 Å². The summed E-state index contributed by atoms with van der Waals surface area (Å²) < 4.78 is 6.24. The predicted octanol–water partition coefficient (Wildman–Crippen LogP) is 3.16. The van der Waals surface area contributed by atoms with Crippen LogP contribution in [0.1, 0.15) is 17.5 Å². The van der Waals surface area contributed by atoms with E-state index in [2.05, 4.69) is 53.3 Å². The minimum absolute atomic E-state index is 0.330. The molecule has 0 aliphatic carbocycles. The van der Waals surface area contributed by atoms with Crippen LogP contribution in [0.3, 0.4) is 0 Å². The van der Waals surface area contributed by atoms with Gasteiger partial charge in [0.15, 0.2) is 0 Å². The third-order valence-corrected chi connectivity index (χ3v) is 4.39. The number of piperidine rings is 1. The Bertz CT molecular complexity index is 558. The van der Waals surface area contributed by atoms with E-state index < -0.39 is 0 Å². The maximum absolute atomic E-state index is 6.24. The first-order valence-corrected chi connectivity index (χ1v) is 8.04. The third kappa shape index (κ3) is 4.15. The smallest absolute Gasteiger partial charge is 0.0735 e. The molecule has 1 saturated heterocycles. The number of benzene rings is 1. The zero-order valence-corrected chi connectivity index (χ0v) is 13.2. The molecule has 0 N–H and O–H groups in total. The van der Waals surface area contributed by atoms with Crippen LogP contribution < -0.4 is 0 Å². The maximum atomic E-state index is 6.24. The van der Waals surface area contributed by atoms with E-state index in [1.54, 1.807) is 6.20 Å². The minimum atomic E-state index is 0.330. The zero-order chi connectivity index (χ0) is 15.2. The number of hydrogen-bond donors (Lipinski definition) is 0. The van der Waals surface area contributed by atoms with Crippen LogP contribution in [0.15, 0.2) is 54.9 Å². The van der Waals surface area contributed by atoms with E-state index in [1.165, 1.54) is 5.56 Å². The van der Waals surface area contributed by atoms with Gasteiger partial charge in [-0.25, -0.2) is 0 Å². The SMILES string of the molecule is CN1CC[C@@H](OCc2cccnc2)[C@H](Cc2ccccc2)C1. The molecule has 3 nitrogen and oxygen atoms in total. The summed E-state index contributed by atoms with van der Waals surface area (Å²) in [7, 11) is 2.20. The standard InChI is InChI=1S/C19H24N2O/c1-21-11-9-19(22-15-17-8-5-10-20-13-17)18(14-21)12-16-6-3-2-4-7-16/h2-8,10,13,18-19H,9,11-12,14-15H2,1H3/t18-,19-/m1/s1. The Labute approximate surface area is 132 Å². The molecule has 0 saturated carbocycles. The number of likely N-dealkylation sites (tertiary alicyclic amines) is 1. The van der Waals surface area contributed by atoms with Gasteiger partial charge in [0, 0.05) is 31.4 Å². The molecule has 0 bridgehead atoms. The highest BCUT2D eigenvalue weighted by Crippen LogP contribution is 2.24. The fourth-order valence-electron chi connectivity index (χ4n) is 3.21. The normalized spacial score (nSPS) is 22.6. The van der Waals surface area contributed by atoms with Crippen LogP contribution in [0.5, 0.6) is 0 Å². The Balaban J connectivity index is 1.62. The van der Waals surface area contributed by atoms with Crippen molar-refractivity contribution in [3.05, 3.63) is 66.0 Å². The van der Waals surface area contributed by atoms with Gasteiger partial charge in [0.05, 0.1) is 12.7 Å². The van der Waals surface area contributed by atoms with Crippen molar-refractivity contribution in [2.24, 2.45) is 5.92 Å². The molecule has 1 aliphatic rings. The minimum Gasteiger partial charge on any atom is -0.373 e. The summed E-state index contributed by atoms with van der Waals surface area (Å²) in [4.78, 5) is 6.57. The average molecular weight is 296 g/mol. The lowest BCUT2D eigenvalue weighted by molar-refractivity contribution is -0.0374. The lowest BCUT2D eigenvalue weighted by atomic mass is 9.89. The highest BCUT2D eigenvalue weighted by atomic mass is 16.5. The van der Waals surface area contributed by atoms with Crippen molar-refractivity contribution < 1.29 is 4.74 Å². The van der Waals surface area contributed by atoms with Gasteiger partial charge >= 0.3 is 0 Å². The fourth-order valence-corrected chi connectivity index (χ4v) is 3.21. The van der Waals surface area contributed by atoms with E-state index >= 15 is 0 Å². The third-order valence-electron chi connectivity index (χ3n) is 4.39. The highest BCUT2D eigenvalue weighted by molar-refractivity contribution is 5.16. The molecule has 22 heavy (non-hydrogen) atoms. The Morgan fingerprint density at radius 2 is 1.95 bits per heavy atom. The van der Waals surface area contributed by atoms with Gasteiger partial charge in [-0.1, -0.05) is 36.4 Å². The number of nitrogens with zero attached hydrogens (tertiary/aromatic N) is 2. The maximum Gasteiger partial charge on any atom is 0.0735 e. The number of hydrogen-bond acceptors (Lipinski definition) is 3. The van der Waals surface area contributed by atoms with Crippen molar-refractivity contribution >= 4 is 0 Å². The van der Waals surface area contributed by atoms with E-state index in [0.717, 1.165) is 31.5 Å². The van der Waals surface area contributed by atoms with Gasteiger partial charge in [-0.05, 0) is 37.1 Å². The molecule has 0 spiro atoms.